The summed E-state index contributed by atoms with van der Waals surface area (Å²) in [7, 11) is 0. The zero-order valence-corrected chi connectivity index (χ0v) is 11.8. The predicted molar refractivity (Wildman–Crippen MR) is 72.2 cm³/mol. The molecule has 112 valence electrons. The van der Waals surface area contributed by atoms with Crippen LogP contribution in [0.15, 0.2) is 0 Å². The van der Waals surface area contributed by atoms with Gasteiger partial charge >= 0.3 is 5.97 Å². The molecule has 0 bridgehead atoms. The molecule has 1 aliphatic heterocycles. The highest BCUT2D eigenvalue weighted by Crippen LogP contribution is 2.48. The van der Waals surface area contributed by atoms with Crippen molar-refractivity contribution in [2.75, 3.05) is 19.7 Å². The second-order valence-electron chi connectivity index (χ2n) is 6.54. The Balaban J connectivity index is 1.56. The molecule has 0 radical (unpaired) electrons. The van der Waals surface area contributed by atoms with Crippen LogP contribution in [0.3, 0.4) is 0 Å². The van der Waals surface area contributed by atoms with E-state index in [0.717, 1.165) is 25.7 Å². The summed E-state index contributed by atoms with van der Waals surface area (Å²) in [5, 5.41) is 9.51. The van der Waals surface area contributed by atoms with Crippen molar-refractivity contribution in [3.05, 3.63) is 0 Å². The van der Waals surface area contributed by atoms with Crippen LogP contribution in [0.1, 0.15) is 44.9 Å². The molecule has 3 rings (SSSR count). The molecule has 1 N–H and O–H groups in total. The van der Waals surface area contributed by atoms with Crippen LogP contribution in [0, 0.1) is 11.3 Å². The summed E-state index contributed by atoms with van der Waals surface area (Å²) in [5.41, 5.74) is -0.678. The number of carboxylic acid groups (broad SMARTS) is 1. The van der Waals surface area contributed by atoms with Crippen molar-refractivity contribution in [3.8, 4) is 0 Å². The lowest BCUT2D eigenvalue weighted by atomic mass is 9.81. The fraction of sp³-hybridized carbons (Fsp3) is 0.867. The van der Waals surface area contributed by atoms with Crippen LogP contribution in [-0.4, -0.2) is 47.7 Å². The first-order chi connectivity index (χ1) is 9.62. The highest BCUT2D eigenvalue weighted by Gasteiger charge is 2.55. The minimum atomic E-state index is -0.730. The standard InChI is InChI=1S/C15H23NO4/c17-13(9-20-12-5-1-2-6-12)16-8-11-4-3-7-15(11,10-16)14(18)19/h11-12H,1-10H2,(H,18,19)/t11-,15+/m0/s1. The second kappa shape index (κ2) is 5.35. The maximum absolute atomic E-state index is 12.2. The SMILES string of the molecule is O=C(COC1CCCC1)N1C[C@@H]2CCC[C@@]2(C(=O)O)C1. The van der Waals surface area contributed by atoms with Crippen molar-refractivity contribution in [1.82, 2.24) is 4.90 Å². The van der Waals surface area contributed by atoms with Crippen LogP contribution < -0.4 is 0 Å². The van der Waals surface area contributed by atoms with E-state index in [-0.39, 0.29) is 24.5 Å². The van der Waals surface area contributed by atoms with Gasteiger partial charge in [-0.15, -0.1) is 0 Å². The lowest BCUT2D eigenvalue weighted by Crippen LogP contribution is -2.38. The quantitative estimate of drug-likeness (QED) is 0.851. The average molecular weight is 281 g/mol. The van der Waals surface area contributed by atoms with Crippen LogP contribution in [0.4, 0.5) is 0 Å². The van der Waals surface area contributed by atoms with E-state index in [0.29, 0.717) is 19.5 Å². The molecule has 1 heterocycles. The van der Waals surface area contributed by atoms with Crippen molar-refractivity contribution >= 4 is 11.9 Å². The van der Waals surface area contributed by atoms with Crippen molar-refractivity contribution in [3.63, 3.8) is 0 Å². The van der Waals surface area contributed by atoms with Gasteiger partial charge in [-0.05, 0) is 31.6 Å². The zero-order chi connectivity index (χ0) is 14.2. The van der Waals surface area contributed by atoms with E-state index in [2.05, 4.69) is 0 Å². The first-order valence-corrected chi connectivity index (χ1v) is 7.74. The molecular weight excluding hydrogens is 258 g/mol. The van der Waals surface area contributed by atoms with Gasteiger partial charge in [-0.3, -0.25) is 9.59 Å². The Labute approximate surface area is 119 Å². The summed E-state index contributed by atoms with van der Waals surface area (Å²) >= 11 is 0. The largest absolute Gasteiger partial charge is 0.481 e. The number of carbonyl (C=O) groups excluding carboxylic acids is 1. The molecule has 2 aliphatic carbocycles. The number of carbonyl (C=O) groups is 2. The van der Waals surface area contributed by atoms with Gasteiger partial charge in [0, 0.05) is 13.1 Å². The number of hydrogen-bond donors (Lipinski definition) is 1. The predicted octanol–water partition coefficient (Wildman–Crippen LogP) is 1.66. The van der Waals surface area contributed by atoms with Crippen molar-refractivity contribution in [2.24, 2.45) is 11.3 Å². The van der Waals surface area contributed by atoms with Gasteiger partial charge in [-0.25, -0.2) is 0 Å². The molecule has 0 spiro atoms. The molecule has 0 aromatic rings. The topological polar surface area (TPSA) is 66.8 Å². The number of likely N-dealkylation sites (tertiary alicyclic amines) is 1. The van der Waals surface area contributed by atoms with E-state index >= 15 is 0 Å². The first kappa shape index (κ1) is 13.9. The lowest BCUT2D eigenvalue weighted by molar-refractivity contribution is -0.150. The average Bonchev–Trinajstić information content (AvgIpc) is 3.10. The van der Waals surface area contributed by atoms with Crippen LogP contribution in [-0.2, 0) is 14.3 Å². The van der Waals surface area contributed by atoms with E-state index in [1.807, 2.05) is 0 Å². The number of carboxylic acids is 1. The third-order valence-electron chi connectivity index (χ3n) is 5.39. The molecule has 3 fully saturated rings. The fourth-order valence-electron chi connectivity index (χ4n) is 4.16. The van der Waals surface area contributed by atoms with Gasteiger partial charge in [0.2, 0.25) is 5.91 Å². The van der Waals surface area contributed by atoms with Gasteiger partial charge in [-0.1, -0.05) is 19.3 Å². The Morgan fingerprint density at radius 2 is 1.95 bits per heavy atom. The molecule has 2 saturated carbocycles. The van der Waals surface area contributed by atoms with Crippen LogP contribution in [0.25, 0.3) is 0 Å². The Bertz CT molecular complexity index is 405. The first-order valence-electron chi connectivity index (χ1n) is 7.74. The molecule has 0 unspecified atom stereocenters. The normalized spacial score (nSPS) is 33.6. The molecule has 2 atom stereocenters. The molecule has 3 aliphatic rings. The Hall–Kier alpha value is -1.10. The Morgan fingerprint density at radius 3 is 2.60 bits per heavy atom. The molecule has 20 heavy (non-hydrogen) atoms. The smallest absolute Gasteiger partial charge is 0.311 e. The molecule has 0 aromatic carbocycles. The second-order valence-corrected chi connectivity index (χ2v) is 6.54. The number of aliphatic carboxylic acids is 1. The van der Waals surface area contributed by atoms with Gasteiger partial charge in [0.1, 0.15) is 6.61 Å². The van der Waals surface area contributed by atoms with E-state index < -0.39 is 11.4 Å². The van der Waals surface area contributed by atoms with Gasteiger partial charge in [0.05, 0.1) is 11.5 Å². The number of nitrogens with zero attached hydrogens (tertiary/aromatic N) is 1. The van der Waals surface area contributed by atoms with E-state index in [1.165, 1.54) is 12.8 Å². The minimum Gasteiger partial charge on any atom is -0.481 e. The van der Waals surface area contributed by atoms with Crippen LogP contribution in [0.2, 0.25) is 0 Å². The minimum absolute atomic E-state index is 0.0353. The maximum atomic E-state index is 12.2. The summed E-state index contributed by atoms with van der Waals surface area (Å²) in [6, 6.07) is 0. The Morgan fingerprint density at radius 1 is 1.20 bits per heavy atom. The summed E-state index contributed by atoms with van der Waals surface area (Å²) in [5.74, 6) is -0.630. The third kappa shape index (κ3) is 2.32. The molecule has 0 aromatic heterocycles. The summed E-state index contributed by atoms with van der Waals surface area (Å²) in [4.78, 5) is 25.5. The van der Waals surface area contributed by atoms with Gasteiger partial charge in [0.15, 0.2) is 0 Å². The van der Waals surface area contributed by atoms with Crippen molar-refractivity contribution in [2.45, 2.75) is 51.0 Å². The molecule has 5 nitrogen and oxygen atoms in total. The number of amides is 1. The highest BCUT2D eigenvalue weighted by molar-refractivity contribution is 5.82. The summed E-state index contributed by atoms with van der Waals surface area (Å²) < 4.78 is 5.65. The molecular formula is C15H23NO4. The molecule has 5 heteroatoms. The molecule has 1 amide bonds. The van der Waals surface area contributed by atoms with Crippen LogP contribution >= 0.6 is 0 Å². The number of hydrogen-bond acceptors (Lipinski definition) is 3. The summed E-state index contributed by atoms with van der Waals surface area (Å²) in [6.07, 6.45) is 7.32. The number of fused-ring (bicyclic) bond motifs is 1. The Kier molecular flexibility index (Phi) is 3.71. The third-order valence-corrected chi connectivity index (χ3v) is 5.39. The van der Waals surface area contributed by atoms with Crippen LogP contribution in [0.5, 0.6) is 0 Å². The van der Waals surface area contributed by atoms with E-state index in [4.69, 9.17) is 4.74 Å². The van der Waals surface area contributed by atoms with Crippen molar-refractivity contribution < 1.29 is 19.4 Å². The van der Waals surface area contributed by atoms with Gasteiger partial charge in [0.25, 0.3) is 0 Å². The number of rotatable bonds is 4. The van der Waals surface area contributed by atoms with E-state index in [1.54, 1.807) is 4.90 Å². The monoisotopic (exact) mass is 281 g/mol. The fourth-order valence-corrected chi connectivity index (χ4v) is 4.16. The van der Waals surface area contributed by atoms with Crippen molar-refractivity contribution in [1.29, 1.82) is 0 Å². The number of ether oxygens (including phenoxy) is 1. The molecule has 1 saturated heterocycles. The maximum Gasteiger partial charge on any atom is 0.311 e. The highest BCUT2D eigenvalue weighted by atomic mass is 16.5. The van der Waals surface area contributed by atoms with Gasteiger partial charge in [-0.2, -0.15) is 0 Å². The zero-order valence-electron chi connectivity index (χ0n) is 11.8. The lowest BCUT2D eigenvalue weighted by Gasteiger charge is -2.23. The summed E-state index contributed by atoms with van der Waals surface area (Å²) in [6.45, 7) is 1.09. The van der Waals surface area contributed by atoms with E-state index in [9.17, 15) is 14.7 Å². The van der Waals surface area contributed by atoms with Gasteiger partial charge < -0.3 is 14.7 Å².